The second-order valence-corrected chi connectivity index (χ2v) is 7.20. The van der Waals surface area contributed by atoms with Crippen LogP contribution in [0.25, 0.3) is 0 Å². The normalized spacial score (nSPS) is 10.0. The van der Waals surface area contributed by atoms with Crippen molar-refractivity contribution in [3.63, 3.8) is 0 Å². The Morgan fingerprint density at radius 1 is 1.29 bits per heavy atom. The van der Waals surface area contributed by atoms with Crippen molar-refractivity contribution in [3.05, 3.63) is 29.3 Å². The minimum atomic E-state index is 0.376. The number of benzene rings is 1. The molecule has 0 radical (unpaired) electrons. The number of halogens is 2. The molecule has 0 atom stereocenters. The number of aryl methyl sites for hydroxylation is 1. The largest absolute Gasteiger partial charge is 0.508 e. The molecule has 2 nitrogen and oxygen atoms in total. The number of ether oxygens (including phenoxy) is 1. The average Bonchev–Trinajstić information content (AvgIpc) is 2.23. The molecule has 0 unspecified atom stereocenters. The number of methoxy groups -OCH3 is 1. The number of aromatic hydroxyl groups is 1. The third-order valence-electron chi connectivity index (χ3n) is 2.23. The lowest BCUT2D eigenvalue weighted by atomic mass is 10.0. The topological polar surface area (TPSA) is 29.5 Å². The van der Waals surface area contributed by atoms with Crippen molar-refractivity contribution in [1.29, 1.82) is 0 Å². The fourth-order valence-corrected chi connectivity index (χ4v) is 2.09. The lowest BCUT2D eigenvalue weighted by Crippen LogP contribution is -1.93. The van der Waals surface area contributed by atoms with Crippen LogP contribution in [0, 0.1) is 6.92 Å². The van der Waals surface area contributed by atoms with Gasteiger partial charge >= 0.3 is 0 Å². The second-order valence-electron chi connectivity index (χ2n) is 3.76. The van der Waals surface area contributed by atoms with E-state index in [-0.39, 0.29) is 0 Å². The Kier molecular flexibility index (Phi) is 9.88. The van der Waals surface area contributed by atoms with Gasteiger partial charge in [-0.05, 0) is 43.4 Å². The summed E-state index contributed by atoms with van der Waals surface area (Å²) in [5, 5.41) is 9.63. The maximum atomic E-state index is 9.63. The van der Waals surface area contributed by atoms with Gasteiger partial charge in [0.1, 0.15) is 5.75 Å². The number of rotatable bonds is 4. The van der Waals surface area contributed by atoms with Crippen molar-refractivity contribution in [2.75, 3.05) is 14.2 Å². The fourth-order valence-electron chi connectivity index (χ4n) is 1.45. The van der Waals surface area contributed by atoms with E-state index in [1.807, 2.05) is 19.1 Å². The van der Waals surface area contributed by atoms with Gasteiger partial charge in [-0.1, -0.05) is 44.0 Å². The SMILES string of the molecule is COC.Cc1cccc(O)c1CCCC(Br)Br. The van der Waals surface area contributed by atoms with E-state index >= 15 is 0 Å². The summed E-state index contributed by atoms with van der Waals surface area (Å²) in [5.41, 5.74) is 2.25. The van der Waals surface area contributed by atoms with Gasteiger partial charge in [-0.2, -0.15) is 0 Å². The molecule has 0 bridgehead atoms. The monoisotopic (exact) mass is 366 g/mol. The summed E-state index contributed by atoms with van der Waals surface area (Å²) in [7, 11) is 3.25. The highest BCUT2D eigenvalue weighted by molar-refractivity contribution is 9.24. The van der Waals surface area contributed by atoms with Gasteiger partial charge in [0, 0.05) is 14.2 Å². The summed E-state index contributed by atoms with van der Waals surface area (Å²) in [6, 6.07) is 5.67. The molecular formula is C13H20Br2O2. The summed E-state index contributed by atoms with van der Waals surface area (Å²) in [6.45, 7) is 2.04. The Bertz CT molecular complexity index is 294. The van der Waals surface area contributed by atoms with Gasteiger partial charge < -0.3 is 9.84 Å². The van der Waals surface area contributed by atoms with Crippen LogP contribution in [-0.4, -0.2) is 23.1 Å². The Morgan fingerprint density at radius 3 is 2.35 bits per heavy atom. The van der Waals surface area contributed by atoms with E-state index in [1.54, 1.807) is 20.3 Å². The van der Waals surface area contributed by atoms with E-state index in [2.05, 4.69) is 36.6 Å². The maximum absolute atomic E-state index is 9.63. The summed E-state index contributed by atoms with van der Waals surface area (Å²) < 4.78 is 4.63. The fraction of sp³-hybridized carbons (Fsp3) is 0.538. The van der Waals surface area contributed by atoms with E-state index in [0.717, 1.165) is 24.8 Å². The molecule has 0 aliphatic carbocycles. The highest BCUT2D eigenvalue weighted by Gasteiger charge is 2.05. The van der Waals surface area contributed by atoms with E-state index in [9.17, 15) is 5.11 Å². The highest BCUT2D eigenvalue weighted by atomic mass is 79.9. The van der Waals surface area contributed by atoms with Crippen LogP contribution in [0.2, 0.25) is 0 Å². The lowest BCUT2D eigenvalue weighted by Gasteiger charge is -2.08. The predicted octanol–water partition coefficient (Wildman–Crippen LogP) is 4.40. The molecule has 0 saturated carbocycles. The number of phenols is 1. The standard InChI is InChI=1S/C11H14Br2O.C2H6O/c1-8-4-2-6-10(14)9(8)5-3-7-11(12)13;1-3-2/h2,4,6,11,14H,3,5,7H2,1H3;1-2H3. The molecule has 1 N–H and O–H groups in total. The molecule has 4 heteroatoms. The number of hydrogen-bond acceptors (Lipinski definition) is 2. The van der Waals surface area contributed by atoms with E-state index in [0.29, 0.717) is 9.49 Å². The molecule has 0 heterocycles. The summed E-state index contributed by atoms with van der Waals surface area (Å²) in [4.78, 5) is 0. The third-order valence-corrected chi connectivity index (χ3v) is 3.15. The molecule has 1 rings (SSSR count). The smallest absolute Gasteiger partial charge is 0.119 e. The maximum Gasteiger partial charge on any atom is 0.119 e. The quantitative estimate of drug-likeness (QED) is 0.799. The van der Waals surface area contributed by atoms with Gasteiger partial charge in [0.2, 0.25) is 0 Å². The van der Waals surface area contributed by atoms with E-state index in [4.69, 9.17) is 0 Å². The molecule has 1 aromatic carbocycles. The van der Waals surface area contributed by atoms with Crippen LogP contribution in [0.15, 0.2) is 18.2 Å². The van der Waals surface area contributed by atoms with E-state index < -0.39 is 0 Å². The van der Waals surface area contributed by atoms with Gasteiger partial charge in [0.05, 0.1) is 3.74 Å². The van der Waals surface area contributed by atoms with Gasteiger partial charge in [-0.25, -0.2) is 0 Å². The first-order valence-corrected chi connectivity index (χ1v) is 7.31. The van der Waals surface area contributed by atoms with Crippen LogP contribution in [0.5, 0.6) is 5.75 Å². The molecule has 0 aromatic heterocycles. The molecule has 1 aromatic rings. The molecule has 0 aliphatic rings. The zero-order chi connectivity index (χ0) is 13.3. The van der Waals surface area contributed by atoms with Gasteiger partial charge in [-0.15, -0.1) is 0 Å². The van der Waals surface area contributed by atoms with Crippen LogP contribution < -0.4 is 0 Å². The Balaban J connectivity index is 0.000000770. The van der Waals surface area contributed by atoms with Crippen molar-refractivity contribution in [3.8, 4) is 5.75 Å². The Hall–Kier alpha value is -0.0600. The summed E-state index contributed by atoms with van der Waals surface area (Å²) in [5.74, 6) is 0.422. The van der Waals surface area contributed by atoms with Crippen LogP contribution >= 0.6 is 31.9 Å². The second kappa shape index (κ2) is 9.92. The van der Waals surface area contributed by atoms with Crippen molar-refractivity contribution in [1.82, 2.24) is 0 Å². The average molecular weight is 368 g/mol. The van der Waals surface area contributed by atoms with Crippen LogP contribution in [0.1, 0.15) is 24.0 Å². The van der Waals surface area contributed by atoms with E-state index in [1.165, 1.54) is 5.56 Å². The number of hydrogen-bond donors (Lipinski definition) is 1. The molecule has 0 aliphatic heterocycles. The molecule has 98 valence electrons. The molecule has 0 amide bonds. The first kappa shape index (κ1) is 16.9. The van der Waals surface area contributed by atoms with Gasteiger partial charge in [0.25, 0.3) is 0 Å². The van der Waals surface area contributed by atoms with Crippen LogP contribution in [0.4, 0.5) is 0 Å². The first-order chi connectivity index (χ1) is 8.02. The molecule has 0 spiro atoms. The molecular weight excluding hydrogens is 348 g/mol. The summed E-state index contributed by atoms with van der Waals surface area (Å²) >= 11 is 6.88. The van der Waals surface area contributed by atoms with Crippen molar-refractivity contribution >= 4 is 31.9 Å². The predicted molar refractivity (Wildman–Crippen MR) is 80.4 cm³/mol. The highest BCUT2D eigenvalue weighted by Crippen LogP contribution is 2.24. The molecule has 0 saturated heterocycles. The van der Waals surface area contributed by atoms with Crippen molar-refractivity contribution in [2.24, 2.45) is 0 Å². The lowest BCUT2D eigenvalue weighted by molar-refractivity contribution is 0.277. The molecule has 17 heavy (non-hydrogen) atoms. The Morgan fingerprint density at radius 2 is 1.88 bits per heavy atom. The van der Waals surface area contributed by atoms with Crippen LogP contribution in [-0.2, 0) is 11.2 Å². The minimum Gasteiger partial charge on any atom is -0.508 e. The zero-order valence-corrected chi connectivity index (χ0v) is 13.7. The van der Waals surface area contributed by atoms with Gasteiger partial charge in [0.15, 0.2) is 0 Å². The zero-order valence-electron chi connectivity index (χ0n) is 10.5. The van der Waals surface area contributed by atoms with Crippen molar-refractivity contribution < 1.29 is 9.84 Å². The number of phenolic OH excluding ortho intramolecular Hbond substituents is 1. The first-order valence-electron chi connectivity index (χ1n) is 5.48. The third kappa shape index (κ3) is 7.79. The van der Waals surface area contributed by atoms with Gasteiger partial charge in [-0.3, -0.25) is 0 Å². The number of alkyl halides is 2. The van der Waals surface area contributed by atoms with Crippen LogP contribution in [0.3, 0.4) is 0 Å². The minimum absolute atomic E-state index is 0.376. The summed E-state index contributed by atoms with van der Waals surface area (Å²) in [6.07, 6.45) is 3.07. The Labute approximate surface area is 121 Å². The molecule has 0 fully saturated rings. The van der Waals surface area contributed by atoms with Crippen molar-refractivity contribution in [2.45, 2.75) is 29.9 Å².